The standard InChI is InChI=1S/C17H21N3O2S/c1-11-12(2)23-16(19-11)13-6-5-9-20(10-13)17(21)14-7-4-8-18-15(14)22-3/h4,7-8,13H,5-6,9-10H2,1-3H3/t13-/m0/s1. The lowest BCUT2D eigenvalue weighted by Crippen LogP contribution is -2.39. The molecule has 0 aromatic carbocycles. The van der Waals surface area contributed by atoms with E-state index in [-0.39, 0.29) is 5.91 Å². The zero-order chi connectivity index (χ0) is 16.4. The maximum atomic E-state index is 12.8. The third kappa shape index (κ3) is 3.22. The third-order valence-corrected chi connectivity index (χ3v) is 5.53. The molecule has 2 aromatic heterocycles. The highest BCUT2D eigenvalue weighted by atomic mass is 32.1. The number of aryl methyl sites for hydroxylation is 2. The van der Waals surface area contributed by atoms with E-state index in [1.807, 2.05) is 11.8 Å². The van der Waals surface area contributed by atoms with Crippen molar-refractivity contribution in [1.82, 2.24) is 14.9 Å². The van der Waals surface area contributed by atoms with Gasteiger partial charge in [-0.15, -0.1) is 11.3 Å². The first-order chi connectivity index (χ1) is 11.1. The smallest absolute Gasteiger partial charge is 0.259 e. The zero-order valence-corrected chi connectivity index (χ0v) is 14.5. The fraction of sp³-hybridized carbons (Fsp3) is 0.471. The molecule has 122 valence electrons. The molecule has 1 atom stereocenters. The number of carbonyl (C=O) groups excluding carboxylic acids is 1. The van der Waals surface area contributed by atoms with Gasteiger partial charge in [0.15, 0.2) is 0 Å². The number of methoxy groups -OCH3 is 1. The predicted molar refractivity (Wildman–Crippen MR) is 90.3 cm³/mol. The van der Waals surface area contributed by atoms with Crippen LogP contribution in [0.3, 0.4) is 0 Å². The molecule has 3 heterocycles. The Labute approximate surface area is 140 Å². The number of ether oxygens (including phenoxy) is 1. The van der Waals surface area contributed by atoms with Gasteiger partial charge in [0, 0.05) is 30.1 Å². The van der Waals surface area contributed by atoms with Gasteiger partial charge in [0.1, 0.15) is 5.56 Å². The number of amides is 1. The first kappa shape index (κ1) is 15.9. The van der Waals surface area contributed by atoms with Gasteiger partial charge in [-0.2, -0.15) is 0 Å². The Morgan fingerprint density at radius 2 is 2.26 bits per heavy atom. The van der Waals surface area contributed by atoms with Crippen molar-refractivity contribution in [1.29, 1.82) is 0 Å². The average Bonchev–Trinajstić information content (AvgIpc) is 2.93. The molecule has 0 radical (unpaired) electrons. The van der Waals surface area contributed by atoms with Crippen molar-refractivity contribution >= 4 is 17.2 Å². The molecule has 5 nitrogen and oxygen atoms in total. The van der Waals surface area contributed by atoms with Gasteiger partial charge < -0.3 is 9.64 Å². The highest BCUT2D eigenvalue weighted by Crippen LogP contribution is 2.32. The highest BCUT2D eigenvalue weighted by molar-refractivity contribution is 7.11. The lowest BCUT2D eigenvalue weighted by molar-refractivity contribution is 0.0703. The predicted octanol–water partition coefficient (Wildman–Crippen LogP) is 3.18. The summed E-state index contributed by atoms with van der Waals surface area (Å²) >= 11 is 1.75. The summed E-state index contributed by atoms with van der Waals surface area (Å²) in [6, 6.07) is 3.54. The minimum absolute atomic E-state index is 0.00958. The highest BCUT2D eigenvalue weighted by Gasteiger charge is 2.29. The molecule has 1 saturated heterocycles. The molecule has 3 rings (SSSR count). The summed E-state index contributed by atoms with van der Waals surface area (Å²) in [6.07, 6.45) is 3.72. The molecule has 0 spiro atoms. The van der Waals surface area contributed by atoms with Gasteiger partial charge in [-0.1, -0.05) is 0 Å². The van der Waals surface area contributed by atoms with Crippen LogP contribution in [0.4, 0.5) is 0 Å². The van der Waals surface area contributed by atoms with Crippen molar-refractivity contribution in [3.63, 3.8) is 0 Å². The molecule has 0 bridgehead atoms. The summed E-state index contributed by atoms with van der Waals surface area (Å²) in [4.78, 5) is 24.8. The number of carbonyl (C=O) groups is 1. The maximum Gasteiger partial charge on any atom is 0.259 e. The van der Waals surface area contributed by atoms with E-state index < -0.39 is 0 Å². The van der Waals surface area contributed by atoms with Crippen molar-refractivity contribution in [2.24, 2.45) is 0 Å². The van der Waals surface area contributed by atoms with Crippen LogP contribution in [-0.4, -0.2) is 41.0 Å². The molecule has 0 saturated carbocycles. The van der Waals surface area contributed by atoms with Crippen LogP contribution in [0.2, 0.25) is 0 Å². The molecule has 1 aliphatic rings. The molecule has 1 aliphatic heterocycles. The first-order valence-corrected chi connectivity index (χ1v) is 8.64. The second-order valence-corrected chi connectivity index (χ2v) is 7.08. The summed E-state index contributed by atoms with van der Waals surface area (Å²) in [5.74, 6) is 0.706. The van der Waals surface area contributed by atoms with Gasteiger partial charge in [0.05, 0.1) is 17.8 Å². The molecule has 0 aliphatic carbocycles. The molecule has 23 heavy (non-hydrogen) atoms. The van der Waals surface area contributed by atoms with E-state index in [0.29, 0.717) is 23.9 Å². The molecule has 6 heteroatoms. The van der Waals surface area contributed by atoms with E-state index >= 15 is 0 Å². The summed E-state index contributed by atoms with van der Waals surface area (Å²) in [5.41, 5.74) is 1.63. The van der Waals surface area contributed by atoms with E-state index in [0.717, 1.165) is 30.1 Å². The minimum atomic E-state index is -0.00958. The summed E-state index contributed by atoms with van der Waals surface area (Å²) in [5, 5.41) is 1.15. The lowest BCUT2D eigenvalue weighted by atomic mass is 9.98. The van der Waals surface area contributed by atoms with E-state index in [4.69, 9.17) is 4.74 Å². The Bertz CT molecular complexity index is 694. The lowest BCUT2D eigenvalue weighted by Gasteiger charge is -2.32. The summed E-state index contributed by atoms with van der Waals surface area (Å²) in [6.45, 7) is 5.63. The van der Waals surface area contributed by atoms with Crippen LogP contribution >= 0.6 is 11.3 Å². The number of hydrogen-bond donors (Lipinski definition) is 0. The molecule has 0 unspecified atom stereocenters. The quantitative estimate of drug-likeness (QED) is 0.867. The minimum Gasteiger partial charge on any atom is -0.480 e. The van der Waals surface area contributed by atoms with E-state index in [1.165, 1.54) is 4.88 Å². The van der Waals surface area contributed by atoms with E-state index in [9.17, 15) is 4.79 Å². The molecular weight excluding hydrogens is 310 g/mol. The summed E-state index contributed by atoms with van der Waals surface area (Å²) in [7, 11) is 1.54. The van der Waals surface area contributed by atoms with Gasteiger partial charge in [0.2, 0.25) is 5.88 Å². The van der Waals surface area contributed by atoms with E-state index in [1.54, 1.807) is 36.8 Å². The van der Waals surface area contributed by atoms with Crippen molar-refractivity contribution in [3.8, 4) is 5.88 Å². The number of piperidine rings is 1. The SMILES string of the molecule is COc1ncccc1C(=O)N1CCC[C@H](c2nc(C)c(C)s2)C1. The number of aromatic nitrogens is 2. The molecular formula is C17H21N3O2S. The Kier molecular flexibility index (Phi) is 4.61. The summed E-state index contributed by atoms with van der Waals surface area (Å²) < 4.78 is 5.22. The van der Waals surface area contributed by atoms with Crippen molar-refractivity contribution < 1.29 is 9.53 Å². The molecule has 2 aromatic rings. The monoisotopic (exact) mass is 331 g/mol. The first-order valence-electron chi connectivity index (χ1n) is 7.82. The second kappa shape index (κ2) is 6.66. The van der Waals surface area contributed by atoms with Crippen LogP contribution in [0.15, 0.2) is 18.3 Å². The van der Waals surface area contributed by atoms with Crippen LogP contribution in [0.25, 0.3) is 0 Å². The maximum absolute atomic E-state index is 12.8. The van der Waals surface area contributed by atoms with Crippen molar-refractivity contribution in [2.45, 2.75) is 32.6 Å². The van der Waals surface area contributed by atoms with Crippen LogP contribution in [-0.2, 0) is 0 Å². The number of pyridine rings is 1. The van der Waals surface area contributed by atoms with E-state index in [2.05, 4.69) is 16.9 Å². The van der Waals surface area contributed by atoms with Gasteiger partial charge in [-0.3, -0.25) is 4.79 Å². The van der Waals surface area contributed by atoms with Gasteiger partial charge in [-0.25, -0.2) is 9.97 Å². The van der Waals surface area contributed by atoms with Crippen LogP contribution < -0.4 is 4.74 Å². The number of hydrogen-bond acceptors (Lipinski definition) is 5. The van der Waals surface area contributed by atoms with Gasteiger partial charge in [-0.05, 0) is 38.8 Å². The Hall–Kier alpha value is -1.95. The molecule has 0 N–H and O–H groups in total. The molecule has 1 amide bonds. The Morgan fingerprint density at radius 1 is 1.43 bits per heavy atom. The fourth-order valence-electron chi connectivity index (χ4n) is 2.92. The topological polar surface area (TPSA) is 55.3 Å². The van der Waals surface area contributed by atoms with Crippen molar-refractivity contribution in [3.05, 3.63) is 39.5 Å². The van der Waals surface area contributed by atoms with Crippen LogP contribution in [0, 0.1) is 13.8 Å². The third-order valence-electron chi connectivity index (χ3n) is 4.30. The van der Waals surface area contributed by atoms with Gasteiger partial charge in [0.25, 0.3) is 5.91 Å². The number of nitrogens with zero attached hydrogens (tertiary/aromatic N) is 3. The van der Waals surface area contributed by atoms with Gasteiger partial charge >= 0.3 is 0 Å². The average molecular weight is 331 g/mol. The zero-order valence-electron chi connectivity index (χ0n) is 13.7. The van der Waals surface area contributed by atoms with Crippen LogP contribution in [0.1, 0.15) is 44.7 Å². The number of thiazole rings is 1. The normalized spacial score (nSPS) is 18.0. The Balaban J connectivity index is 1.79. The second-order valence-electron chi connectivity index (χ2n) is 5.84. The number of likely N-dealkylation sites (tertiary alicyclic amines) is 1. The van der Waals surface area contributed by atoms with Crippen LogP contribution in [0.5, 0.6) is 5.88 Å². The molecule has 1 fully saturated rings. The largest absolute Gasteiger partial charge is 0.480 e. The fourth-order valence-corrected chi connectivity index (χ4v) is 3.97. The number of rotatable bonds is 3. The Morgan fingerprint density at radius 3 is 2.96 bits per heavy atom. The van der Waals surface area contributed by atoms with Crippen molar-refractivity contribution in [2.75, 3.05) is 20.2 Å².